The lowest BCUT2D eigenvalue weighted by atomic mass is 10.2. The minimum absolute atomic E-state index is 0.259. The predicted molar refractivity (Wildman–Crippen MR) is 316 cm³/mol. The average Bonchev–Trinajstić information content (AvgIpc) is 3.91. The largest absolute Gasteiger partial charge is 0.492 e. The van der Waals surface area contributed by atoms with Crippen LogP contribution in [0.4, 0.5) is 33.9 Å². The molecule has 5 aromatic heterocycles. The van der Waals surface area contributed by atoms with Crippen molar-refractivity contribution in [3.63, 3.8) is 0 Å². The highest BCUT2D eigenvalue weighted by Gasteiger charge is 2.36. The first-order chi connectivity index (χ1) is 36.8. The van der Waals surface area contributed by atoms with Crippen molar-refractivity contribution >= 4 is 43.5 Å². The molecular formula is C56H93N13O8Si. The monoisotopic (exact) mass is 1100 g/mol. The molecule has 434 valence electrons. The van der Waals surface area contributed by atoms with Gasteiger partial charge in [0.05, 0.1) is 57.3 Å². The van der Waals surface area contributed by atoms with Gasteiger partial charge < -0.3 is 71.3 Å². The Kier molecular flexibility index (Phi) is 31.2. The number of hydrogen-bond acceptors (Lipinski definition) is 20. The van der Waals surface area contributed by atoms with Crippen molar-refractivity contribution in [2.24, 2.45) is 0 Å². The normalized spacial score (nSPS) is 12.2. The van der Waals surface area contributed by atoms with Crippen molar-refractivity contribution in [1.82, 2.24) is 39.6 Å². The van der Waals surface area contributed by atoms with E-state index in [1.807, 2.05) is 59.1 Å². The Morgan fingerprint density at radius 1 is 0.538 bits per heavy atom. The Bertz CT molecular complexity index is 2320. The molecule has 0 bridgehead atoms. The van der Waals surface area contributed by atoms with Gasteiger partial charge in [-0.15, -0.1) is 0 Å². The van der Waals surface area contributed by atoms with Crippen LogP contribution in [0.2, 0.25) is 18.1 Å². The molecule has 22 heteroatoms. The zero-order valence-electron chi connectivity index (χ0n) is 48.7. The van der Waals surface area contributed by atoms with Gasteiger partial charge in [0.15, 0.2) is 8.32 Å². The lowest BCUT2D eigenvalue weighted by molar-refractivity contribution is 0.0278. The number of amides is 1. The van der Waals surface area contributed by atoms with Crippen LogP contribution in [0.3, 0.4) is 0 Å². The Labute approximate surface area is 466 Å². The predicted octanol–water partition coefficient (Wildman–Crippen LogP) is 8.95. The number of likely N-dealkylation sites (N-methyl/N-ethyl adjacent to an activating group) is 1. The number of rotatable bonds is 22. The molecule has 10 N–H and O–H groups in total. The van der Waals surface area contributed by atoms with E-state index in [4.69, 9.17) is 61.5 Å². The summed E-state index contributed by atoms with van der Waals surface area (Å²) >= 11 is 0. The van der Waals surface area contributed by atoms with E-state index < -0.39 is 13.9 Å². The number of carbonyl (C=O) groups is 1. The number of ether oxygens (including phenoxy) is 6. The molecule has 78 heavy (non-hydrogen) atoms. The molecule has 1 aliphatic rings. The first kappa shape index (κ1) is 67.2. The van der Waals surface area contributed by atoms with Crippen LogP contribution in [0.15, 0.2) is 91.6 Å². The zero-order chi connectivity index (χ0) is 58.0. The van der Waals surface area contributed by atoms with Crippen LogP contribution in [0.5, 0.6) is 28.7 Å². The maximum atomic E-state index is 11.7. The zero-order valence-corrected chi connectivity index (χ0v) is 49.7. The van der Waals surface area contributed by atoms with Crippen molar-refractivity contribution in [2.75, 3.05) is 122 Å². The van der Waals surface area contributed by atoms with E-state index in [0.717, 1.165) is 75.2 Å². The van der Waals surface area contributed by atoms with Crippen molar-refractivity contribution < 1.29 is 37.6 Å². The van der Waals surface area contributed by atoms with Crippen LogP contribution in [-0.4, -0.2) is 153 Å². The molecule has 1 fully saturated rings. The summed E-state index contributed by atoms with van der Waals surface area (Å²) in [5, 5.41) is 0.259. The van der Waals surface area contributed by atoms with Gasteiger partial charge >= 0.3 is 6.09 Å². The van der Waals surface area contributed by atoms with Crippen LogP contribution in [0.1, 0.15) is 80.6 Å². The third kappa shape index (κ3) is 32.0. The van der Waals surface area contributed by atoms with Gasteiger partial charge in [-0.3, -0.25) is 4.90 Å². The minimum Gasteiger partial charge on any atom is -0.492 e. The standard InChI is InChI=1S/C14H26N2O2Si.C13H21N3O3.C11H17N3O.C10H17N3O.C8H12N2O/c1-14(2,3)19(4,5)18-10-6-9-17-12-7-8-13(15)16-11-12;1-13(2,3)19-12(17)16(4)7-8-18-10-5-6-11(14)15-9-10;12-11-4-3-10(9-13-11)15-8-7-14-5-1-2-6-14;1-13(2)6-3-7-14-9-4-5-10(11)12-8-9;1-2-5-11-7-3-4-8(9)10-6-7/h7-8,11H,6,9-10H2,1-5H3,(H2,15,16);5-6,9H,7-8H2,1-4H3,(H2,14,15);3-4,9H,1-2,5-8H2,(H2,12,13);4-5,8H,3,6-7H2,1-2H3,(H2,11,12);3-4,6H,2,5H2,1H3,(H2,9,10). The Balaban J connectivity index is 0.000000337. The van der Waals surface area contributed by atoms with Crippen LogP contribution in [0, 0.1) is 0 Å². The van der Waals surface area contributed by atoms with Gasteiger partial charge in [0, 0.05) is 33.2 Å². The second-order valence-corrected chi connectivity index (χ2v) is 25.7. The summed E-state index contributed by atoms with van der Waals surface area (Å²) in [5.41, 5.74) is 26.8. The van der Waals surface area contributed by atoms with Crippen molar-refractivity contribution in [3.05, 3.63) is 91.6 Å². The number of nitrogens with zero attached hydrogens (tertiary/aromatic N) is 8. The van der Waals surface area contributed by atoms with Gasteiger partial charge in [-0.2, -0.15) is 0 Å². The fourth-order valence-electron chi connectivity index (χ4n) is 6.00. The number of pyridine rings is 5. The first-order valence-electron chi connectivity index (χ1n) is 26.5. The highest BCUT2D eigenvalue weighted by molar-refractivity contribution is 6.74. The van der Waals surface area contributed by atoms with E-state index >= 15 is 0 Å². The summed E-state index contributed by atoms with van der Waals surface area (Å²) in [6, 6.07) is 17.7. The summed E-state index contributed by atoms with van der Waals surface area (Å²) in [5.74, 6) is 6.24. The Morgan fingerprint density at radius 2 is 0.910 bits per heavy atom. The number of anilines is 5. The van der Waals surface area contributed by atoms with E-state index in [-0.39, 0.29) is 11.1 Å². The molecule has 0 atom stereocenters. The lowest BCUT2D eigenvalue weighted by Gasteiger charge is -2.36. The minimum atomic E-state index is -1.63. The summed E-state index contributed by atoms with van der Waals surface area (Å²) in [4.78, 5) is 37.4. The van der Waals surface area contributed by atoms with Crippen molar-refractivity contribution in [3.8, 4) is 28.7 Å². The van der Waals surface area contributed by atoms with Gasteiger partial charge in [-0.1, -0.05) is 27.7 Å². The van der Waals surface area contributed by atoms with Crippen LogP contribution >= 0.6 is 0 Å². The molecule has 0 saturated carbocycles. The molecular weight excluding hydrogens is 1010 g/mol. The number of hydrogen-bond donors (Lipinski definition) is 5. The van der Waals surface area contributed by atoms with E-state index in [0.29, 0.717) is 61.2 Å². The smallest absolute Gasteiger partial charge is 0.410 e. The SMILES string of the molecule is CC(C)(C)[Si](C)(C)OCCCOc1ccc(N)nc1.CCCOc1ccc(N)nc1.CN(C)CCCOc1ccc(N)nc1.CN(CCOc1ccc(N)nc1)C(=O)OC(C)(C)C.Nc1ccc(OCCN2CCCC2)cn1. The van der Waals surface area contributed by atoms with Gasteiger partial charge in [0.2, 0.25) is 0 Å². The summed E-state index contributed by atoms with van der Waals surface area (Å²) in [7, 11) is 4.13. The number of carbonyl (C=O) groups excluding carboxylic acids is 1. The molecule has 1 aliphatic heterocycles. The maximum absolute atomic E-state index is 11.7. The van der Waals surface area contributed by atoms with Crippen molar-refractivity contribution in [2.45, 2.75) is 104 Å². The molecule has 0 spiro atoms. The molecule has 0 unspecified atom stereocenters. The number of nitrogens with two attached hydrogens (primary N) is 5. The number of likely N-dealkylation sites (tertiary alicyclic amines) is 1. The molecule has 1 saturated heterocycles. The topological polar surface area (TPSA) is 286 Å². The van der Waals surface area contributed by atoms with Gasteiger partial charge in [-0.05, 0) is 152 Å². The highest BCUT2D eigenvalue weighted by Crippen LogP contribution is 2.36. The molecule has 0 radical (unpaired) electrons. The lowest BCUT2D eigenvalue weighted by Crippen LogP contribution is -2.41. The maximum Gasteiger partial charge on any atom is 0.410 e. The summed E-state index contributed by atoms with van der Waals surface area (Å²) in [6.45, 7) is 27.6. The van der Waals surface area contributed by atoms with Gasteiger partial charge in [-0.25, -0.2) is 29.7 Å². The van der Waals surface area contributed by atoms with E-state index in [1.165, 1.54) is 30.8 Å². The van der Waals surface area contributed by atoms with Gasteiger partial charge in [0.25, 0.3) is 0 Å². The number of aromatic nitrogens is 5. The second-order valence-electron chi connectivity index (χ2n) is 20.9. The third-order valence-electron chi connectivity index (χ3n) is 11.4. The highest BCUT2D eigenvalue weighted by atomic mass is 28.4. The Hall–Kier alpha value is -6.88. The first-order valence-corrected chi connectivity index (χ1v) is 29.4. The molecule has 0 aliphatic carbocycles. The van der Waals surface area contributed by atoms with Crippen LogP contribution in [-0.2, 0) is 9.16 Å². The molecule has 21 nitrogen and oxygen atoms in total. The van der Waals surface area contributed by atoms with E-state index in [2.05, 4.69) is 75.5 Å². The second kappa shape index (κ2) is 36.3. The molecule has 6 heterocycles. The molecule has 0 aromatic carbocycles. The van der Waals surface area contributed by atoms with E-state index in [1.54, 1.807) is 74.4 Å². The fourth-order valence-corrected chi connectivity index (χ4v) is 7.09. The average molecular weight is 1100 g/mol. The molecule has 5 aromatic rings. The Morgan fingerprint density at radius 3 is 1.26 bits per heavy atom. The third-order valence-corrected chi connectivity index (χ3v) is 15.9. The molecule has 1 amide bonds. The summed E-state index contributed by atoms with van der Waals surface area (Å²) < 4.78 is 38.6. The molecule has 6 rings (SSSR count). The van der Waals surface area contributed by atoms with Gasteiger partial charge in [0.1, 0.15) is 76.7 Å². The number of nitrogen functional groups attached to an aromatic ring is 5. The fraction of sp³-hybridized carbons (Fsp3) is 0.536. The summed E-state index contributed by atoms with van der Waals surface area (Å²) in [6.07, 6.45) is 13.3. The van der Waals surface area contributed by atoms with Crippen LogP contribution < -0.4 is 52.4 Å². The van der Waals surface area contributed by atoms with Crippen molar-refractivity contribution in [1.29, 1.82) is 0 Å². The van der Waals surface area contributed by atoms with Crippen LogP contribution in [0.25, 0.3) is 0 Å². The van der Waals surface area contributed by atoms with E-state index in [9.17, 15) is 4.79 Å². The quantitative estimate of drug-likeness (QED) is 0.0319.